The molecule has 0 aliphatic heterocycles. The van der Waals surface area contributed by atoms with E-state index in [-0.39, 0.29) is 0 Å². The Morgan fingerprint density at radius 3 is 2.15 bits per heavy atom. The van der Waals surface area contributed by atoms with E-state index in [1.165, 1.54) is 5.32 Å². The van der Waals surface area contributed by atoms with Crippen LogP contribution in [0.25, 0.3) is 0 Å². The number of nitrogens with one attached hydrogen (secondary N) is 1. The molecule has 0 aliphatic carbocycles. The number of alkyl halides is 4. The molecule has 0 aliphatic rings. The molecule has 0 spiro atoms. The van der Waals surface area contributed by atoms with E-state index in [1.807, 2.05) is 0 Å². The Bertz CT molecular complexity index is 219. The molecule has 4 nitrogen and oxygen atoms in total. The van der Waals surface area contributed by atoms with Crippen LogP contribution >= 0.6 is 0 Å². The van der Waals surface area contributed by atoms with Crippen LogP contribution in [-0.2, 0) is 9.59 Å². The lowest BCUT2D eigenvalue weighted by Gasteiger charge is -2.13. The van der Waals surface area contributed by atoms with E-state index in [4.69, 9.17) is 0 Å². The quantitative estimate of drug-likeness (QED) is 0.602. The van der Waals surface area contributed by atoms with Crippen molar-refractivity contribution in [3.63, 3.8) is 0 Å². The normalized spacial score (nSPS) is 11.5. The third-order valence-corrected chi connectivity index (χ3v) is 1.000. The fourth-order valence-electron chi connectivity index (χ4n) is 0.384. The highest BCUT2D eigenvalue weighted by Gasteiger charge is 2.48. The summed E-state index contributed by atoms with van der Waals surface area (Å²) in [5, 5.41) is 1.26. The highest BCUT2D eigenvalue weighted by molar-refractivity contribution is 5.88. The van der Waals surface area contributed by atoms with Crippen LogP contribution in [0.1, 0.15) is 0 Å². The molecule has 3 N–H and O–H groups in total. The average molecular weight is 202 g/mol. The van der Waals surface area contributed by atoms with Gasteiger partial charge in [0.15, 0.2) is 0 Å². The van der Waals surface area contributed by atoms with Gasteiger partial charge < -0.3 is 11.1 Å². The Labute approximate surface area is 70.1 Å². The van der Waals surface area contributed by atoms with Crippen LogP contribution in [0.3, 0.4) is 0 Å². The van der Waals surface area contributed by atoms with E-state index in [2.05, 4.69) is 5.73 Å². The standard InChI is InChI=1S/C5H6F4N2O2/c6-3(7)5(8,9)4(13)11-1-2(10)12/h3H,1H2,(H2,10,12)(H,11,13). The fraction of sp³-hybridized carbons (Fsp3) is 0.600. The van der Waals surface area contributed by atoms with Crippen LogP contribution in [0.4, 0.5) is 17.6 Å². The second kappa shape index (κ2) is 4.06. The summed E-state index contributed by atoms with van der Waals surface area (Å²) < 4.78 is 47.1. The Kier molecular flexibility index (Phi) is 3.64. The van der Waals surface area contributed by atoms with Gasteiger partial charge in [0.1, 0.15) is 0 Å². The van der Waals surface area contributed by atoms with Crippen molar-refractivity contribution in [1.82, 2.24) is 5.32 Å². The van der Waals surface area contributed by atoms with Crippen molar-refractivity contribution in [3.8, 4) is 0 Å². The van der Waals surface area contributed by atoms with Crippen molar-refractivity contribution in [2.24, 2.45) is 5.73 Å². The van der Waals surface area contributed by atoms with Gasteiger partial charge in [0.25, 0.3) is 5.91 Å². The van der Waals surface area contributed by atoms with Gasteiger partial charge in [0, 0.05) is 0 Å². The average Bonchev–Trinajstić information content (AvgIpc) is 1.99. The maximum atomic E-state index is 12.1. The van der Waals surface area contributed by atoms with Gasteiger partial charge in [-0.2, -0.15) is 8.78 Å². The van der Waals surface area contributed by atoms with Crippen molar-refractivity contribution >= 4 is 11.8 Å². The largest absolute Gasteiger partial charge is 0.383 e. The van der Waals surface area contributed by atoms with Crippen LogP contribution in [-0.4, -0.2) is 30.7 Å². The summed E-state index contributed by atoms with van der Waals surface area (Å²) in [6.07, 6.45) is -4.11. The number of amides is 2. The van der Waals surface area contributed by atoms with E-state index < -0.39 is 30.7 Å². The van der Waals surface area contributed by atoms with Crippen LogP contribution in [0.2, 0.25) is 0 Å². The highest BCUT2D eigenvalue weighted by atomic mass is 19.3. The number of halogens is 4. The van der Waals surface area contributed by atoms with Crippen molar-refractivity contribution in [1.29, 1.82) is 0 Å². The fourth-order valence-corrected chi connectivity index (χ4v) is 0.384. The molecule has 13 heavy (non-hydrogen) atoms. The van der Waals surface area contributed by atoms with Gasteiger partial charge in [-0.25, -0.2) is 8.78 Å². The summed E-state index contributed by atoms with van der Waals surface area (Å²) in [5.74, 6) is -8.12. The van der Waals surface area contributed by atoms with Crippen LogP contribution in [0.5, 0.6) is 0 Å². The van der Waals surface area contributed by atoms with Crippen LogP contribution in [0.15, 0.2) is 0 Å². The summed E-state index contributed by atoms with van der Waals surface area (Å²) in [7, 11) is 0. The molecule has 2 amide bonds. The smallest absolute Gasteiger partial charge is 0.368 e. The zero-order valence-corrected chi connectivity index (χ0v) is 6.19. The van der Waals surface area contributed by atoms with Crippen LogP contribution in [0, 0.1) is 0 Å². The third-order valence-electron chi connectivity index (χ3n) is 1.000. The van der Waals surface area contributed by atoms with Gasteiger partial charge in [0.05, 0.1) is 6.54 Å². The number of carbonyl (C=O) groups is 2. The lowest BCUT2D eigenvalue weighted by molar-refractivity contribution is -0.169. The third kappa shape index (κ3) is 3.26. The lowest BCUT2D eigenvalue weighted by atomic mass is 10.3. The Morgan fingerprint density at radius 2 is 1.85 bits per heavy atom. The molecule has 0 heterocycles. The number of rotatable bonds is 4. The molecule has 0 aromatic carbocycles. The molecule has 0 fully saturated rings. The highest BCUT2D eigenvalue weighted by Crippen LogP contribution is 2.22. The summed E-state index contributed by atoms with van der Waals surface area (Å²) in [5.41, 5.74) is 4.47. The monoisotopic (exact) mass is 202 g/mol. The minimum atomic E-state index is -4.80. The lowest BCUT2D eigenvalue weighted by Crippen LogP contribution is -2.47. The van der Waals surface area contributed by atoms with Crippen molar-refractivity contribution < 1.29 is 27.2 Å². The molecule has 76 valence electrons. The summed E-state index contributed by atoms with van der Waals surface area (Å²) in [4.78, 5) is 20.2. The second-order valence-corrected chi connectivity index (χ2v) is 2.07. The second-order valence-electron chi connectivity index (χ2n) is 2.07. The molecule has 0 bridgehead atoms. The van der Waals surface area contributed by atoms with Gasteiger partial charge in [0.2, 0.25) is 5.91 Å². The zero-order chi connectivity index (χ0) is 10.6. The molecule has 8 heteroatoms. The maximum Gasteiger partial charge on any atom is 0.383 e. The van der Waals surface area contributed by atoms with Crippen molar-refractivity contribution in [2.75, 3.05) is 6.54 Å². The van der Waals surface area contributed by atoms with Crippen LogP contribution < -0.4 is 11.1 Å². The van der Waals surface area contributed by atoms with E-state index in [1.54, 1.807) is 0 Å². The molecule has 0 rings (SSSR count). The molecular weight excluding hydrogens is 196 g/mol. The Hall–Kier alpha value is -1.34. The number of hydrogen-bond acceptors (Lipinski definition) is 2. The summed E-state index contributed by atoms with van der Waals surface area (Å²) in [6, 6.07) is 0. The molecule has 0 aromatic rings. The molecule has 0 radical (unpaired) electrons. The minimum absolute atomic E-state index is 0.902. The molecule has 0 atom stereocenters. The predicted molar refractivity (Wildman–Crippen MR) is 33.2 cm³/mol. The van der Waals surface area contributed by atoms with E-state index in [0.717, 1.165) is 0 Å². The van der Waals surface area contributed by atoms with E-state index in [9.17, 15) is 27.2 Å². The van der Waals surface area contributed by atoms with Gasteiger partial charge in [-0.15, -0.1) is 0 Å². The molecular formula is C5H6F4N2O2. The predicted octanol–water partition coefficient (Wildman–Crippen LogP) is -0.512. The first-order valence-corrected chi connectivity index (χ1v) is 3.01. The van der Waals surface area contributed by atoms with Crippen molar-refractivity contribution in [3.05, 3.63) is 0 Å². The molecule has 0 saturated carbocycles. The Balaban J connectivity index is 4.18. The zero-order valence-electron chi connectivity index (χ0n) is 6.19. The minimum Gasteiger partial charge on any atom is -0.368 e. The van der Waals surface area contributed by atoms with Gasteiger partial charge in [-0.1, -0.05) is 0 Å². The summed E-state index contributed by atoms with van der Waals surface area (Å²) >= 11 is 0. The maximum absolute atomic E-state index is 12.1. The molecule has 0 aromatic heterocycles. The number of primary amides is 1. The van der Waals surface area contributed by atoms with Gasteiger partial charge >= 0.3 is 12.3 Å². The van der Waals surface area contributed by atoms with Gasteiger partial charge in [-0.05, 0) is 0 Å². The van der Waals surface area contributed by atoms with Crippen molar-refractivity contribution in [2.45, 2.75) is 12.3 Å². The topological polar surface area (TPSA) is 72.2 Å². The Morgan fingerprint density at radius 1 is 1.38 bits per heavy atom. The first-order chi connectivity index (χ1) is 5.78. The first-order valence-electron chi connectivity index (χ1n) is 3.01. The van der Waals surface area contributed by atoms with E-state index >= 15 is 0 Å². The molecule has 0 unspecified atom stereocenters. The van der Waals surface area contributed by atoms with E-state index in [0.29, 0.717) is 0 Å². The number of nitrogens with two attached hydrogens (primary N) is 1. The SMILES string of the molecule is NC(=O)CNC(=O)C(F)(F)C(F)F. The first kappa shape index (κ1) is 11.7. The number of carbonyl (C=O) groups excluding carboxylic acids is 2. The molecule has 0 saturated heterocycles. The number of hydrogen-bond donors (Lipinski definition) is 2. The summed E-state index contributed by atoms with van der Waals surface area (Å²) in [6.45, 7) is -0.902. The van der Waals surface area contributed by atoms with Gasteiger partial charge in [-0.3, -0.25) is 9.59 Å².